The van der Waals surface area contributed by atoms with Gasteiger partial charge in [0, 0.05) is 12.6 Å². The molecule has 0 aliphatic carbocycles. The summed E-state index contributed by atoms with van der Waals surface area (Å²) in [7, 11) is 0. The molecule has 1 aliphatic heterocycles. The number of fused-ring (bicyclic) bond motifs is 1. The molecule has 1 aliphatic rings. The fraction of sp³-hybridized carbons (Fsp3) is 0.600. The number of nitrogens with one attached hydrogen (secondary N) is 1. The first-order valence-electron chi connectivity index (χ1n) is 6.98. The molecule has 3 heteroatoms. The van der Waals surface area contributed by atoms with Gasteiger partial charge in [-0.3, -0.25) is 0 Å². The zero-order chi connectivity index (χ0) is 13.0. The fourth-order valence-electron chi connectivity index (χ4n) is 2.63. The van der Waals surface area contributed by atoms with Crippen LogP contribution in [0.5, 0.6) is 5.75 Å². The average molecular weight is 248 g/mol. The first kappa shape index (κ1) is 13.2. The minimum atomic E-state index is 0.586. The normalized spacial score (nSPS) is 15.8. The lowest BCUT2D eigenvalue weighted by atomic mass is 10.0. The summed E-state index contributed by atoms with van der Waals surface area (Å²) in [5.41, 5.74) is 2.52. The van der Waals surface area contributed by atoms with Crippen LogP contribution in [0.1, 0.15) is 26.3 Å². The lowest BCUT2D eigenvalue weighted by Crippen LogP contribution is -2.34. The van der Waals surface area contributed by atoms with Crippen LogP contribution in [0, 0.1) is 0 Å². The summed E-state index contributed by atoms with van der Waals surface area (Å²) >= 11 is 0. The standard InChI is InChI=1S/C15H24N2O/c1-4-17(5-2)12(3)10-13-6-7-15-14(11-13)16-8-9-18-15/h6-7,11-12,16H,4-5,8-10H2,1-3H3. The highest BCUT2D eigenvalue weighted by atomic mass is 16.5. The van der Waals surface area contributed by atoms with Gasteiger partial charge in [0.2, 0.25) is 0 Å². The van der Waals surface area contributed by atoms with E-state index in [1.807, 2.05) is 0 Å². The molecule has 0 bridgehead atoms. The van der Waals surface area contributed by atoms with Crippen molar-refractivity contribution in [2.45, 2.75) is 33.2 Å². The molecular formula is C15H24N2O. The number of hydrogen-bond acceptors (Lipinski definition) is 3. The summed E-state index contributed by atoms with van der Waals surface area (Å²) in [6.07, 6.45) is 1.09. The van der Waals surface area contributed by atoms with E-state index in [1.165, 1.54) is 5.56 Å². The monoisotopic (exact) mass is 248 g/mol. The van der Waals surface area contributed by atoms with Gasteiger partial charge in [-0.1, -0.05) is 19.9 Å². The molecule has 18 heavy (non-hydrogen) atoms. The smallest absolute Gasteiger partial charge is 0.142 e. The highest BCUT2D eigenvalue weighted by Gasteiger charge is 2.13. The third kappa shape index (κ3) is 2.96. The van der Waals surface area contributed by atoms with E-state index in [0.29, 0.717) is 6.04 Å². The molecule has 0 aromatic heterocycles. The van der Waals surface area contributed by atoms with Crippen LogP contribution in [-0.4, -0.2) is 37.2 Å². The molecule has 0 saturated heterocycles. The second-order valence-electron chi connectivity index (χ2n) is 4.88. The van der Waals surface area contributed by atoms with Gasteiger partial charge in [-0.25, -0.2) is 0 Å². The highest BCUT2D eigenvalue weighted by molar-refractivity contribution is 5.59. The summed E-state index contributed by atoms with van der Waals surface area (Å²) in [4.78, 5) is 2.49. The number of benzene rings is 1. The van der Waals surface area contributed by atoms with E-state index in [-0.39, 0.29) is 0 Å². The Kier molecular flexibility index (Phi) is 4.48. The third-order valence-electron chi connectivity index (χ3n) is 3.69. The molecule has 0 radical (unpaired) electrons. The van der Waals surface area contributed by atoms with Crippen molar-refractivity contribution in [3.05, 3.63) is 23.8 Å². The molecule has 0 fully saturated rings. The molecule has 1 N–H and O–H groups in total. The SMILES string of the molecule is CCN(CC)C(C)Cc1ccc2c(c1)NCCO2. The van der Waals surface area contributed by atoms with Crippen molar-refractivity contribution < 1.29 is 4.74 Å². The van der Waals surface area contributed by atoms with Crippen LogP contribution in [0.3, 0.4) is 0 Å². The third-order valence-corrected chi connectivity index (χ3v) is 3.69. The summed E-state index contributed by atoms with van der Waals surface area (Å²) in [5, 5.41) is 3.39. The lowest BCUT2D eigenvalue weighted by Gasteiger charge is -2.27. The van der Waals surface area contributed by atoms with E-state index in [4.69, 9.17) is 4.74 Å². The number of nitrogens with zero attached hydrogens (tertiary/aromatic N) is 1. The zero-order valence-corrected chi connectivity index (χ0v) is 11.7. The molecule has 1 aromatic rings. The van der Waals surface area contributed by atoms with Gasteiger partial charge in [0.05, 0.1) is 5.69 Å². The predicted molar refractivity (Wildman–Crippen MR) is 76.5 cm³/mol. The first-order chi connectivity index (χ1) is 8.74. The molecule has 0 spiro atoms. The molecule has 2 rings (SSSR count). The molecule has 1 aromatic carbocycles. The van der Waals surface area contributed by atoms with Crippen LogP contribution in [0.2, 0.25) is 0 Å². The van der Waals surface area contributed by atoms with E-state index in [1.54, 1.807) is 0 Å². The van der Waals surface area contributed by atoms with Gasteiger partial charge in [0.15, 0.2) is 0 Å². The maximum Gasteiger partial charge on any atom is 0.142 e. The summed E-state index contributed by atoms with van der Waals surface area (Å²) in [6.45, 7) is 10.7. The Labute approximate surface area is 110 Å². The first-order valence-corrected chi connectivity index (χ1v) is 6.98. The van der Waals surface area contributed by atoms with Crippen molar-refractivity contribution in [2.75, 3.05) is 31.6 Å². The number of rotatable bonds is 5. The second kappa shape index (κ2) is 6.10. The lowest BCUT2D eigenvalue weighted by molar-refractivity contribution is 0.230. The number of likely N-dealkylation sites (N-methyl/N-ethyl adjacent to an activating group) is 1. The Bertz CT molecular complexity index is 388. The Hall–Kier alpha value is -1.22. The summed E-state index contributed by atoms with van der Waals surface area (Å²) in [6, 6.07) is 7.09. The van der Waals surface area contributed by atoms with E-state index in [0.717, 1.165) is 44.1 Å². The maximum atomic E-state index is 5.60. The van der Waals surface area contributed by atoms with Crippen molar-refractivity contribution in [1.29, 1.82) is 0 Å². The van der Waals surface area contributed by atoms with Crippen LogP contribution in [-0.2, 0) is 6.42 Å². The van der Waals surface area contributed by atoms with Gasteiger partial charge in [-0.15, -0.1) is 0 Å². The summed E-state index contributed by atoms with van der Waals surface area (Å²) in [5.74, 6) is 0.987. The van der Waals surface area contributed by atoms with Crippen LogP contribution in [0.4, 0.5) is 5.69 Å². The molecule has 0 amide bonds. The largest absolute Gasteiger partial charge is 0.490 e. The van der Waals surface area contributed by atoms with Crippen molar-refractivity contribution in [2.24, 2.45) is 0 Å². The second-order valence-corrected chi connectivity index (χ2v) is 4.88. The van der Waals surface area contributed by atoms with Crippen molar-refractivity contribution in [3.8, 4) is 5.75 Å². The predicted octanol–water partition coefficient (Wildman–Crippen LogP) is 2.76. The number of ether oxygens (including phenoxy) is 1. The maximum absolute atomic E-state index is 5.60. The molecule has 0 saturated carbocycles. The Morgan fingerprint density at radius 2 is 2.11 bits per heavy atom. The quantitative estimate of drug-likeness (QED) is 0.867. The van der Waals surface area contributed by atoms with E-state index >= 15 is 0 Å². The minimum Gasteiger partial charge on any atom is -0.490 e. The zero-order valence-electron chi connectivity index (χ0n) is 11.7. The topological polar surface area (TPSA) is 24.5 Å². The average Bonchev–Trinajstić information content (AvgIpc) is 2.40. The van der Waals surface area contributed by atoms with E-state index in [2.05, 4.69) is 49.2 Å². The molecule has 3 nitrogen and oxygen atoms in total. The Balaban J connectivity index is 2.05. The van der Waals surface area contributed by atoms with Crippen molar-refractivity contribution in [3.63, 3.8) is 0 Å². The molecule has 1 unspecified atom stereocenters. The van der Waals surface area contributed by atoms with Gasteiger partial charge in [-0.05, 0) is 44.1 Å². The molecule has 1 heterocycles. The van der Waals surface area contributed by atoms with Gasteiger partial charge in [0.1, 0.15) is 12.4 Å². The van der Waals surface area contributed by atoms with Gasteiger partial charge in [-0.2, -0.15) is 0 Å². The van der Waals surface area contributed by atoms with Crippen LogP contribution in [0.25, 0.3) is 0 Å². The fourth-order valence-corrected chi connectivity index (χ4v) is 2.63. The van der Waals surface area contributed by atoms with Crippen LogP contribution >= 0.6 is 0 Å². The Morgan fingerprint density at radius 1 is 1.33 bits per heavy atom. The van der Waals surface area contributed by atoms with Crippen LogP contribution < -0.4 is 10.1 Å². The highest BCUT2D eigenvalue weighted by Crippen LogP contribution is 2.28. The van der Waals surface area contributed by atoms with Crippen molar-refractivity contribution >= 4 is 5.69 Å². The van der Waals surface area contributed by atoms with Crippen LogP contribution in [0.15, 0.2) is 18.2 Å². The minimum absolute atomic E-state index is 0.586. The Morgan fingerprint density at radius 3 is 2.83 bits per heavy atom. The molecule has 100 valence electrons. The van der Waals surface area contributed by atoms with Gasteiger partial charge >= 0.3 is 0 Å². The number of hydrogen-bond donors (Lipinski definition) is 1. The molecule has 1 atom stereocenters. The van der Waals surface area contributed by atoms with Gasteiger partial charge in [0.25, 0.3) is 0 Å². The van der Waals surface area contributed by atoms with E-state index in [9.17, 15) is 0 Å². The van der Waals surface area contributed by atoms with E-state index < -0.39 is 0 Å². The molecular weight excluding hydrogens is 224 g/mol. The summed E-state index contributed by atoms with van der Waals surface area (Å²) < 4.78 is 5.60. The number of anilines is 1. The van der Waals surface area contributed by atoms with Gasteiger partial charge < -0.3 is 15.0 Å². The van der Waals surface area contributed by atoms with Crippen molar-refractivity contribution in [1.82, 2.24) is 4.90 Å².